The third-order valence-electron chi connectivity index (χ3n) is 4.03. The number of furan rings is 1. The Kier molecular flexibility index (Phi) is 3.78. The summed E-state index contributed by atoms with van der Waals surface area (Å²) < 4.78 is 7.12. The van der Waals surface area contributed by atoms with E-state index < -0.39 is 0 Å². The number of nitrogens with zero attached hydrogens (tertiary/aromatic N) is 3. The van der Waals surface area contributed by atoms with Gasteiger partial charge in [0.25, 0.3) is 5.91 Å². The predicted octanol–water partition coefficient (Wildman–Crippen LogP) is 3.25. The largest absolute Gasteiger partial charge is 0.459 e. The van der Waals surface area contributed by atoms with Gasteiger partial charge in [0.05, 0.1) is 17.3 Å². The highest BCUT2D eigenvalue weighted by Gasteiger charge is 2.12. The number of amides is 1. The summed E-state index contributed by atoms with van der Waals surface area (Å²) in [6, 6.07) is 13.5. The standard InChI is InChI=1S/C19H16N4O2/c1-13-8-9-25-18(13)19(24)21-11-14-6-7-17(20-10-14)23-12-22-15-4-2-3-5-16(15)23/h2-10,12H,11H2,1H3,(H,21,24). The van der Waals surface area contributed by atoms with Crippen molar-refractivity contribution in [3.05, 3.63) is 78.1 Å². The van der Waals surface area contributed by atoms with Crippen molar-refractivity contribution in [2.45, 2.75) is 13.5 Å². The highest BCUT2D eigenvalue weighted by Crippen LogP contribution is 2.16. The monoisotopic (exact) mass is 332 g/mol. The quantitative estimate of drug-likeness (QED) is 0.622. The van der Waals surface area contributed by atoms with Crippen LogP contribution in [0.3, 0.4) is 0 Å². The van der Waals surface area contributed by atoms with Crippen LogP contribution in [-0.2, 0) is 6.54 Å². The summed E-state index contributed by atoms with van der Waals surface area (Å²) in [4.78, 5) is 20.9. The Morgan fingerprint density at radius 3 is 2.80 bits per heavy atom. The normalized spacial score (nSPS) is 10.9. The van der Waals surface area contributed by atoms with Gasteiger partial charge in [-0.2, -0.15) is 0 Å². The molecule has 3 heterocycles. The summed E-state index contributed by atoms with van der Waals surface area (Å²) in [6.45, 7) is 2.22. The zero-order valence-corrected chi connectivity index (χ0v) is 13.6. The number of aromatic nitrogens is 3. The number of aryl methyl sites for hydroxylation is 1. The van der Waals surface area contributed by atoms with Crippen molar-refractivity contribution in [1.82, 2.24) is 19.9 Å². The molecule has 124 valence electrons. The van der Waals surface area contributed by atoms with Gasteiger partial charge in [-0.3, -0.25) is 9.36 Å². The molecule has 4 aromatic rings. The van der Waals surface area contributed by atoms with Crippen LogP contribution in [-0.4, -0.2) is 20.4 Å². The van der Waals surface area contributed by atoms with Gasteiger partial charge in [-0.15, -0.1) is 0 Å². The number of imidazole rings is 1. The molecule has 1 aromatic carbocycles. The second-order valence-electron chi connectivity index (χ2n) is 5.74. The third-order valence-corrected chi connectivity index (χ3v) is 4.03. The molecule has 0 spiro atoms. The molecule has 1 amide bonds. The predicted molar refractivity (Wildman–Crippen MR) is 93.5 cm³/mol. The Balaban J connectivity index is 1.49. The zero-order valence-electron chi connectivity index (χ0n) is 13.6. The second kappa shape index (κ2) is 6.24. The van der Waals surface area contributed by atoms with Gasteiger partial charge >= 0.3 is 0 Å². The minimum absolute atomic E-state index is 0.229. The number of hydrogen-bond acceptors (Lipinski definition) is 4. The van der Waals surface area contributed by atoms with Crippen molar-refractivity contribution in [3.8, 4) is 5.82 Å². The molecule has 0 fully saturated rings. The van der Waals surface area contributed by atoms with Gasteiger partial charge in [0.2, 0.25) is 0 Å². The van der Waals surface area contributed by atoms with Gasteiger partial charge in [-0.05, 0) is 36.8 Å². The maximum atomic E-state index is 12.1. The van der Waals surface area contributed by atoms with Crippen LogP contribution in [0, 0.1) is 6.92 Å². The first-order valence-electron chi connectivity index (χ1n) is 7.92. The Labute approximate surface area is 144 Å². The average Bonchev–Trinajstić information content (AvgIpc) is 3.26. The number of para-hydroxylation sites is 2. The summed E-state index contributed by atoms with van der Waals surface area (Å²) in [5.41, 5.74) is 3.66. The van der Waals surface area contributed by atoms with Gasteiger partial charge in [0.1, 0.15) is 12.1 Å². The van der Waals surface area contributed by atoms with Gasteiger partial charge in [0, 0.05) is 18.3 Å². The van der Waals surface area contributed by atoms with E-state index in [1.54, 1.807) is 18.6 Å². The van der Waals surface area contributed by atoms with Gasteiger partial charge in [-0.25, -0.2) is 9.97 Å². The maximum Gasteiger partial charge on any atom is 0.287 e. The molecule has 0 atom stereocenters. The highest BCUT2D eigenvalue weighted by molar-refractivity contribution is 5.92. The molecule has 6 nitrogen and oxygen atoms in total. The molecule has 25 heavy (non-hydrogen) atoms. The number of fused-ring (bicyclic) bond motifs is 1. The Bertz CT molecular complexity index is 1030. The van der Waals surface area contributed by atoms with E-state index in [-0.39, 0.29) is 5.91 Å². The first kappa shape index (κ1) is 15.1. The van der Waals surface area contributed by atoms with E-state index in [0.29, 0.717) is 12.3 Å². The minimum Gasteiger partial charge on any atom is -0.459 e. The molecule has 0 aliphatic rings. The van der Waals surface area contributed by atoms with E-state index in [4.69, 9.17) is 4.42 Å². The second-order valence-corrected chi connectivity index (χ2v) is 5.74. The number of pyridine rings is 1. The summed E-state index contributed by atoms with van der Waals surface area (Å²) in [6.07, 6.45) is 5.02. The molecule has 0 aliphatic heterocycles. The summed E-state index contributed by atoms with van der Waals surface area (Å²) in [5, 5.41) is 2.83. The van der Waals surface area contributed by atoms with Crippen LogP contribution in [0.1, 0.15) is 21.7 Å². The molecule has 6 heteroatoms. The van der Waals surface area contributed by atoms with Crippen LogP contribution in [0.15, 0.2) is 65.7 Å². The number of benzene rings is 1. The molecule has 0 saturated heterocycles. The number of carbonyl (C=O) groups is 1. The molecule has 0 unspecified atom stereocenters. The van der Waals surface area contributed by atoms with E-state index in [9.17, 15) is 4.79 Å². The average molecular weight is 332 g/mol. The van der Waals surface area contributed by atoms with Gasteiger partial charge in [0.15, 0.2) is 5.76 Å². The first-order chi connectivity index (χ1) is 12.2. The lowest BCUT2D eigenvalue weighted by molar-refractivity contribution is 0.0922. The van der Waals surface area contributed by atoms with Crippen molar-refractivity contribution in [2.75, 3.05) is 0 Å². The summed E-state index contributed by atoms with van der Waals surface area (Å²) >= 11 is 0. The van der Waals surface area contributed by atoms with E-state index in [0.717, 1.165) is 28.0 Å². The van der Waals surface area contributed by atoms with Crippen molar-refractivity contribution in [2.24, 2.45) is 0 Å². The van der Waals surface area contributed by atoms with Crippen molar-refractivity contribution in [1.29, 1.82) is 0 Å². The van der Waals surface area contributed by atoms with E-state index in [1.807, 2.05) is 47.9 Å². The van der Waals surface area contributed by atoms with Gasteiger partial charge < -0.3 is 9.73 Å². The van der Waals surface area contributed by atoms with Gasteiger partial charge in [-0.1, -0.05) is 18.2 Å². The number of hydrogen-bond donors (Lipinski definition) is 1. The summed E-state index contributed by atoms with van der Waals surface area (Å²) in [7, 11) is 0. The third kappa shape index (κ3) is 2.89. The Hall–Kier alpha value is -3.41. The maximum absolute atomic E-state index is 12.1. The minimum atomic E-state index is -0.229. The molecule has 4 rings (SSSR count). The van der Waals surface area contributed by atoms with Crippen LogP contribution in [0.25, 0.3) is 16.9 Å². The van der Waals surface area contributed by atoms with Crippen LogP contribution in [0.2, 0.25) is 0 Å². The van der Waals surface area contributed by atoms with Crippen molar-refractivity contribution in [3.63, 3.8) is 0 Å². The molecular formula is C19H16N4O2. The molecule has 0 bridgehead atoms. The van der Waals surface area contributed by atoms with Crippen molar-refractivity contribution >= 4 is 16.9 Å². The smallest absolute Gasteiger partial charge is 0.287 e. The topological polar surface area (TPSA) is 73.0 Å². The molecular weight excluding hydrogens is 316 g/mol. The first-order valence-corrected chi connectivity index (χ1v) is 7.92. The Morgan fingerprint density at radius 2 is 2.04 bits per heavy atom. The highest BCUT2D eigenvalue weighted by atomic mass is 16.3. The van der Waals surface area contributed by atoms with Crippen LogP contribution >= 0.6 is 0 Å². The van der Waals surface area contributed by atoms with Crippen LogP contribution < -0.4 is 5.32 Å². The molecule has 0 saturated carbocycles. The van der Waals surface area contributed by atoms with E-state index >= 15 is 0 Å². The molecule has 0 radical (unpaired) electrons. The Morgan fingerprint density at radius 1 is 1.16 bits per heavy atom. The van der Waals surface area contributed by atoms with Crippen LogP contribution in [0.4, 0.5) is 0 Å². The summed E-state index contributed by atoms with van der Waals surface area (Å²) in [5.74, 6) is 0.896. The number of rotatable bonds is 4. The number of nitrogens with one attached hydrogen (secondary N) is 1. The van der Waals surface area contributed by atoms with E-state index in [1.165, 1.54) is 6.26 Å². The SMILES string of the molecule is Cc1ccoc1C(=O)NCc1ccc(-n2cnc3ccccc32)nc1. The van der Waals surface area contributed by atoms with E-state index in [2.05, 4.69) is 15.3 Å². The number of carbonyl (C=O) groups excluding carboxylic acids is 1. The fourth-order valence-electron chi connectivity index (χ4n) is 2.67. The fourth-order valence-corrected chi connectivity index (χ4v) is 2.67. The lowest BCUT2D eigenvalue weighted by Gasteiger charge is -2.06. The van der Waals surface area contributed by atoms with Crippen molar-refractivity contribution < 1.29 is 9.21 Å². The lowest BCUT2D eigenvalue weighted by atomic mass is 10.2. The zero-order chi connectivity index (χ0) is 17.2. The lowest BCUT2D eigenvalue weighted by Crippen LogP contribution is -2.23. The fraction of sp³-hybridized carbons (Fsp3) is 0.105. The molecule has 0 aliphatic carbocycles. The molecule has 3 aromatic heterocycles. The van der Waals surface area contributed by atoms with Crippen LogP contribution in [0.5, 0.6) is 0 Å². The molecule has 1 N–H and O–H groups in total.